The van der Waals surface area contributed by atoms with Crippen molar-refractivity contribution >= 4 is 22.0 Å². The summed E-state index contributed by atoms with van der Waals surface area (Å²) >= 11 is 0.620. The Morgan fingerprint density at radius 1 is 1.36 bits per heavy atom. The summed E-state index contributed by atoms with van der Waals surface area (Å²) in [6.07, 6.45) is 0. The first-order chi connectivity index (χ1) is 5.11. The summed E-state index contributed by atoms with van der Waals surface area (Å²) in [5.74, 6) is 0. The van der Waals surface area contributed by atoms with E-state index >= 15 is 0 Å². The van der Waals surface area contributed by atoms with Gasteiger partial charge in [0.2, 0.25) is 0 Å². The van der Waals surface area contributed by atoms with Gasteiger partial charge in [0.1, 0.15) is 11.4 Å². The second-order valence-corrected chi connectivity index (χ2v) is 2.41. The Labute approximate surface area is 64.4 Å². The number of rotatable bonds is 2. The third-order valence-corrected chi connectivity index (χ3v) is 1.68. The van der Waals surface area contributed by atoms with Crippen LogP contribution in [0.3, 0.4) is 0 Å². The van der Waals surface area contributed by atoms with Crippen molar-refractivity contribution in [3.8, 4) is 0 Å². The third-order valence-electron chi connectivity index (χ3n) is 0.897. The van der Waals surface area contributed by atoms with Crippen molar-refractivity contribution in [2.75, 3.05) is 0 Å². The molecule has 0 unspecified atom stereocenters. The molecule has 1 aromatic rings. The molecule has 0 bridgehead atoms. The monoisotopic (exact) mass is 173 g/mol. The molecule has 1 aromatic heterocycles. The molecule has 1 radical (unpaired) electrons. The van der Waals surface area contributed by atoms with E-state index < -0.39 is 9.85 Å². The maximum atomic E-state index is 10.0. The third kappa shape index (κ3) is 1.49. The number of nitro groups is 2. The van der Waals surface area contributed by atoms with Crippen LogP contribution in [0.1, 0.15) is 0 Å². The number of hydrogen-bond acceptors (Lipinski definition) is 5. The van der Waals surface area contributed by atoms with E-state index in [9.17, 15) is 20.2 Å². The number of hydrogen-bond donors (Lipinski definition) is 0. The van der Waals surface area contributed by atoms with Gasteiger partial charge in [0.05, 0.1) is 9.85 Å². The lowest BCUT2D eigenvalue weighted by Gasteiger charge is -1.79. The maximum absolute atomic E-state index is 10.0. The second kappa shape index (κ2) is 2.62. The van der Waals surface area contributed by atoms with Crippen LogP contribution in [-0.2, 0) is 0 Å². The summed E-state index contributed by atoms with van der Waals surface area (Å²) in [5, 5.41) is 21.9. The fraction of sp³-hybridized carbons (Fsp3) is 0. The predicted octanol–water partition coefficient (Wildman–Crippen LogP) is 1.36. The van der Waals surface area contributed by atoms with Crippen LogP contribution in [0, 0.1) is 25.6 Å². The maximum Gasteiger partial charge on any atom is 0.331 e. The van der Waals surface area contributed by atoms with Crippen molar-refractivity contribution in [2.45, 2.75) is 0 Å². The minimum Gasteiger partial charge on any atom is -0.258 e. The standard InChI is InChI=1S/C4HN2O4S/c7-5(8)3-1-4(6(9)10)11-2-3/h1H. The zero-order chi connectivity index (χ0) is 8.43. The van der Waals surface area contributed by atoms with Crippen molar-refractivity contribution in [1.82, 2.24) is 0 Å². The van der Waals surface area contributed by atoms with Gasteiger partial charge in [-0.1, -0.05) is 11.3 Å². The van der Waals surface area contributed by atoms with Crippen molar-refractivity contribution in [1.29, 1.82) is 0 Å². The largest absolute Gasteiger partial charge is 0.331 e. The van der Waals surface area contributed by atoms with Gasteiger partial charge in [-0.3, -0.25) is 20.2 Å². The molecule has 0 saturated carbocycles. The van der Waals surface area contributed by atoms with Crippen LogP contribution in [0.15, 0.2) is 6.07 Å². The molecule has 0 aliphatic heterocycles. The Hall–Kier alpha value is -1.50. The summed E-state index contributed by atoms with van der Waals surface area (Å²) in [6.45, 7) is 0. The Bertz CT molecular complexity index is 278. The number of thiophene rings is 1. The zero-order valence-corrected chi connectivity index (χ0v) is 5.83. The summed E-state index contributed by atoms with van der Waals surface area (Å²) in [7, 11) is 0. The molecule has 57 valence electrons. The molecule has 0 amide bonds. The summed E-state index contributed by atoms with van der Waals surface area (Å²) in [4.78, 5) is 18.6. The highest BCUT2D eigenvalue weighted by molar-refractivity contribution is 7.13. The molecule has 0 fully saturated rings. The van der Waals surface area contributed by atoms with E-state index in [4.69, 9.17) is 0 Å². The molecule has 7 heteroatoms. The van der Waals surface area contributed by atoms with Gasteiger partial charge in [0, 0.05) is 0 Å². The van der Waals surface area contributed by atoms with Gasteiger partial charge in [-0.05, 0) is 0 Å². The first kappa shape index (κ1) is 7.61. The van der Waals surface area contributed by atoms with Gasteiger partial charge >= 0.3 is 5.00 Å². The quantitative estimate of drug-likeness (QED) is 0.499. The van der Waals surface area contributed by atoms with E-state index in [1.807, 2.05) is 0 Å². The van der Waals surface area contributed by atoms with E-state index in [1.54, 1.807) is 0 Å². The summed E-state index contributed by atoms with van der Waals surface area (Å²) in [6, 6.07) is 0.880. The molecule has 0 spiro atoms. The van der Waals surface area contributed by atoms with Crippen LogP contribution in [0.5, 0.6) is 0 Å². The highest BCUT2D eigenvalue weighted by Crippen LogP contribution is 2.26. The molecular formula is C4HN2O4S. The Kier molecular flexibility index (Phi) is 1.81. The SMILES string of the molecule is O=[N+]([O-])c1[c]sc([N+](=O)[O-])c1. The minimum absolute atomic E-state index is 0.267. The minimum atomic E-state index is -0.719. The highest BCUT2D eigenvalue weighted by Gasteiger charge is 2.16. The van der Waals surface area contributed by atoms with E-state index in [0.717, 1.165) is 6.07 Å². The zero-order valence-electron chi connectivity index (χ0n) is 5.01. The smallest absolute Gasteiger partial charge is 0.258 e. The van der Waals surface area contributed by atoms with Crippen LogP contribution >= 0.6 is 11.3 Å². The molecule has 0 atom stereocenters. The topological polar surface area (TPSA) is 86.3 Å². The average molecular weight is 173 g/mol. The molecule has 1 heterocycles. The van der Waals surface area contributed by atoms with Crippen molar-refractivity contribution in [2.24, 2.45) is 0 Å². The molecule has 0 N–H and O–H groups in total. The van der Waals surface area contributed by atoms with Gasteiger partial charge in [0.15, 0.2) is 0 Å². The first-order valence-corrected chi connectivity index (χ1v) is 3.23. The van der Waals surface area contributed by atoms with E-state index in [2.05, 4.69) is 5.38 Å². The average Bonchev–Trinajstić information content (AvgIpc) is 2.33. The van der Waals surface area contributed by atoms with Gasteiger partial charge < -0.3 is 0 Å². The summed E-state index contributed by atoms with van der Waals surface area (Å²) < 4.78 is 0. The Balaban J connectivity index is 2.99. The molecule has 0 aromatic carbocycles. The van der Waals surface area contributed by atoms with Crippen molar-refractivity contribution in [3.05, 3.63) is 31.7 Å². The van der Waals surface area contributed by atoms with E-state index in [-0.39, 0.29) is 10.7 Å². The van der Waals surface area contributed by atoms with Gasteiger partial charge in [-0.25, -0.2) is 0 Å². The van der Waals surface area contributed by atoms with Crippen LogP contribution in [0.2, 0.25) is 0 Å². The molecular weight excluding hydrogens is 172 g/mol. The van der Waals surface area contributed by atoms with Crippen LogP contribution in [0.4, 0.5) is 10.7 Å². The fourth-order valence-electron chi connectivity index (χ4n) is 0.460. The van der Waals surface area contributed by atoms with Gasteiger partial charge in [-0.15, -0.1) is 0 Å². The Morgan fingerprint density at radius 2 is 2.00 bits per heavy atom. The lowest BCUT2D eigenvalue weighted by Crippen LogP contribution is -1.84. The molecule has 6 nitrogen and oxygen atoms in total. The van der Waals surface area contributed by atoms with E-state index in [0.29, 0.717) is 11.3 Å². The van der Waals surface area contributed by atoms with E-state index in [1.165, 1.54) is 0 Å². The predicted molar refractivity (Wildman–Crippen MR) is 36.5 cm³/mol. The Morgan fingerprint density at radius 3 is 2.27 bits per heavy atom. The normalized spacial score (nSPS) is 9.45. The van der Waals surface area contributed by atoms with Crippen LogP contribution in [-0.4, -0.2) is 9.85 Å². The molecule has 0 saturated heterocycles. The highest BCUT2D eigenvalue weighted by atomic mass is 32.1. The van der Waals surface area contributed by atoms with Gasteiger partial charge in [0.25, 0.3) is 5.69 Å². The van der Waals surface area contributed by atoms with Crippen molar-refractivity contribution < 1.29 is 9.85 Å². The van der Waals surface area contributed by atoms with Gasteiger partial charge in [-0.2, -0.15) is 0 Å². The van der Waals surface area contributed by atoms with Crippen molar-refractivity contribution in [3.63, 3.8) is 0 Å². The van der Waals surface area contributed by atoms with Crippen LogP contribution < -0.4 is 0 Å². The summed E-state index contributed by atoms with van der Waals surface area (Å²) in [5.41, 5.74) is -0.360. The molecule has 0 aliphatic carbocycles. The lowest BCUT2D eigenvalue weighted by molar-refractivity contribution is -0.390. The lowest BCUT2D eigenvalue weighted by atomic mass is 10.5. The van der Waals surface area contributed by atoms with Crippen LogP contribution in [0.25, 0.3) is 0 Å². The second-order valence-electron chi connectivity index (χ2n) is 1.59. The fourth-order valence-corrected chi connectivity index (χ4v) is 1.05. The molecule has 0 aliphatic rings. The molecule has 11 heavy (non-hydrogen) atoms. The first-order valence-electron chi connectivity index (χ1n) is 2.41. The number of nitrogens with zero attached hydrogens (tertiary/aromatic N) is 2. The molecule has 1 rings (SSSR count).